The first-order chi connectivity index (χ1) is 10.6. The SMILES string of the molecule is CN=Cc1n[nH]nc1Cc1cc(C(F)(F)F)cc(C(F)(F)F)c1. The van der Waals surface area contributed by atoms with E-state index >= 15 is 0 Å². The molecule has 124 valence electrons. The monoisotopic (exact) mass is 336 g/mol. The minimum atomic E-state index is -4.88. The molecule has 0 unspecified atom stereocenters. The van der Waals surface area contributed by atoms with Crippen LogP contribution in [0.4, 0.5) is 26.3 Å². The molecule has 1 aromatic carbocycles. The van der Waals surface area contributed by atoms with Crippen LogP contribution in [0.25, 0.3) is 0 Å². The van der Waals surface area contributed by atoms with E-state index in [9.17, 15) is 26.3 Å². The Morgan fingerprint density at radius 2 is 1.57 bits per heavy atom. The number of halogens is 6. The lowest BCUT2D eigenvalue weighted by Gasteiger charge is -2.13. The first-order valence-corrected chi connectivity index (χ1v) is 6.21. The summed E-state index contributed by atoms with van der Waals surface area (Å²) in [7, 11) is 1.45. The van der Waals surface area contributed by atoms with Gasteiger partial charge in [0.05, 0.1) is 23.0 Å². The van der Waals surface area contributed by atoms with Gasteiger partial charge in [-0.15, -0.1) is 0 Å². The molecule has 0 saturated heterocycles. The van der Waals surface area contributed by atoms with E-state index in [1.54, 1.807) is 0 Å². The van der Waals surface area contributed by atoms with Gasteiger partial charge in [-0.3, -0.25) is 4.99 Å². The van der Waals surface area contributed by atoms with Gasteiger partial charge in [0.2, 0.25) is 0 Å². The summed E-state index contributed by atoms with van der Waals surface area (Å²) in [5, 5.41) is 9.70. The molecule has 1 heterocycles. The number of H-pyrrole nitrogens is 1. The number of aliphatic imine (C=N–C) groups is 1. The largest absolute Gasteiger partial charge is 0.416 e. The van der Waals surface area contributed by atoms with Crippen LogP contribution in [0.3, 0.4) is 0 Å². The second-order valence-electron chi connectivity index (χ2n) is 4.63. The van der Waals surface area contributed by atoms with Crippen LogP contribution >= 0.6 is 0 Å². The Kier molecular flexibility index (Phi) is 4.44. The first-order valence-electron chi connectivity index (χ1n) is 6.21. The molecule has 0 atom stereocenters. The third-order valence-electron chi connectivity index (χ3n) is 2.92. The van der Waals surface area contributed by atoms with Gasteiger partial charge in [-0.2, -0.15) is 41.8 Å². The average molecular weight is 336 g/mol. The molecule has 4 nitrogen and oxygen atoms in total. The maximum atomic E-state index is 12.8. The van der Waals surface area contributed by atoms with E-state index in [0.29, 0.717) is 12.1 Å². The lowest BCUT2D eigenvalue weighted by atomic mass is 10.0. The van der Waals surface area contributed by atoms with Crippen molar-refractivity contribution in [2.24, 2.45) is 4.99 Å². The fourth-order valence-electron chi connectivity index (χ4n) is 1.93. The summed E-state index contributed by atoms with van der Waals surface area (Å²) in [4.78, 5) is 3.69. The number of hydrogen-bond donors (Lipinski definition) is 1. The Balaban J connectivity index is 2.47. The number of benzene rings is 1. The standard InChI is InChI=1S/C13H10F6N4/c1-20-6-11-10(21-23-22-11)4-7-2-8(12(14,15)16)5-9(3-7)13(17,18)19/h2-3,5-6H,4H2,1H3,(H,21,22,23). The van der Waals surface area contributed by atoms with E-state index in [4.69, 9.17) is 0 Å². The fourth-order valence-corrected chi connectivity index (χ4v) is 1.93. The third kappa shape index (κ3) is 4.08. The minimum Gasteiger partial charge on any atom is -0.294 e. The molecule has 0 amide bonds. The molecule has 1 aromatic heterocycles. The van der Waals surface area contributed by atoms with E-state index in [2.05, 4.69) is 20.4 Å². The van der Waals surface area contributed by atoms with E-state index in [0.717, 1.165) is 0 Å². The van der Waals surface area contributed by atoms with Crippen LogP contribution in [0.1, 0.15) is 28.1 Å². The molecule has 1 N–H and O–H groups in total. The van der Waals surface area contributed by atoms with Crippen molar-refractivity contribution >= 4 is 6.21 Å². The Hall–Kier alpha value is -2.39. The van der Waals surface area contributed by atoms with Gasteiger partial charge in [-0.25, -0.2) is 0 Å². The highest BCUT2D eigenvalue weighted by Gasteiger charge is 2.36. The van der Waals surface area contributed by atoms with Crippen molar-refractivity contribution in [1.82, 2.24) is 15.4 Å². The highest BCUT2D eigenvalue weighted by atomic mass is 19.4. The summed E-state index contributed by atoms with van der Waals surface area (Å²) in [5.41, 5.74) is -2.46. The van der Waals surface area contributed by atoms with Crippen LogP contribution in [-0.2, 0) is 18.8 Å². The third-order valence-corrected chi connectivity index (χ3v) is 2.92. The lowest BCUT2D eigenvalue weighted by Crippen LogP contribution is -2.12. The predicted octanol–water partition coefficient (Wildman–Crippen LogP) is 3.48. The van der Waals surface area contributed by atoms with Gasteiger partial charge < -0.3 is 0 Å². The number of nitrogens with one attached hydrogen (secondary N) is 1. The number of aromatic amines is 1. The highest BCUT2D eigenvalue weighted by Crippen LogP contribution is 2.36. The molecule has 0 aliphatic rings. The second kappa shape index (κ2) is 6.01. The highest BCUT2D eigenvalue weighted by molar-refractivity contribution is 5.78. The van der Waals surface area contributed by atoms with Gasteiger partial charge in [0.1, 0.15) is 5.69 Å². The maximum Gasteiger partial charge on any atom is 0.416 e. The van der Waals surface area contributed by atoms with Crippen molar-refractivity contribution in [3.05, 3.63) is 46.3 Å². The zero-order chi connectivity index (χ0) is 17.3. The van der Waals surface area contributed by atoms with E-state index < -0.39 is 23.5 Å². The summed E-state index contributed by atoms with van der Waals surface area (Å²) in [6.45, 7) is 0. The summed E-state index contributed by atoms with van der Waals surface area (Å²) in [6.07, 6.45) is -8.71. The van der Waals surface area contributed by atoms with Crippen molar-refractivity contribution < 1.29 is 26.3 Å². The average Bonchev–Trinajstić information content (AvgIpc) is 2.84. The number of alkyl halides is 6. The molecule has 0 aliphatic heterocycles. The number of rotatable bonds is 3. The molecular formula is C13H10F6N4. The Morgan fingerprint density at radius 3 is 2.04 bits per heavy atom. The van der Waals surface area contributed by atoms with Gasteiger partial charge in [-0.05, 0) is 23.8 Å². The Bertz CT molecular complexity index is 682. The van der Waals surface area contributed by atoms with Gasteiger partial charge in [-0.1, -0.05) is 0 Å². The normalized spacial score (nSPS) is 13.0. The summed E-state index contributed by atoms with van der Waals surface area (Å²) >= 11 is 0. The Morgan fingerprint density at radius 1 is 1.00 bits per heavy atom. The molecule has 0 fully saturated rings. The topological polar surface area (TPSA) is 53.9 Å². The van der Waals surface area contributed by atoms with E-state index in [1.165, 1.54) is 13.3 Å². The van der Waals surface area contributed by atoms with Gasteiger partial charge >= 0.3 is 12.4 Å². The molecule has 2 aromatic rings. The number of aromatic nitrogens is 3. The number of hydrogen-bond acceptors (Lipinski definition) is 3. The van der Waals surface area contributed by atoms with E-state index in [-0.39, 0.29) is 29.4 Å². The molecule has 23 heavy (non-hydrogen) atoms. The van der Waals surface area contributed by atoms with Crippen LogP contribution in [0.5, 0.6) is 0 Å². The molecule has 0 saturated carbocycles. The van der Waals surface area contributed by atoms with Crippen molar-refractivity contribution in [3.8, 4) is 0 Å². The smallest absolute Gasteiger partial charge is 0.294 e. The molecule has 2 rings (SSSR count). The number of nitrogens with zero attached hydrogens (tertiary/aromatic N) is 3. The Labute approximate surface area is 126 Å². The fraction of sp³-hybridized carbons (Fsp3) is 0.308. The van der Waals surface area contributed by atoms with Crippen LogP contribution in [0, 0.1) is 0 Å². The minimum absolute atomic E-state index is 0.0840. The molecule has 0 radical (unpaired) electrons. The zero-order valence-corrected chi connectivity index (χ0v) is 11.6. The molecule has 0 spiro atoms. The van der Waals surface area contributed by atoms with Gasteiger partial charge in [0, 0.05) is 13.5 Å². The molecule has 0 bridgehead atoms. The molecular weight excluding hydrogens is 326 g/mol. The summed E-state index contributed by atoms with van der Waals surface area (Å²) in [5.74, 6) is 0. The predicted molar refractivity (Wildman–Crippen MR) is 69.2 cm³/mol. The van der Waals surface area contributed by atoms with Crippen molar-refractivity contribution in [2.75, 3.05) is 7.05 Å². The van der Waals surface area contributed by atoms with Crippen molar-refractivity contribution in [3.63, 3.8) is 0 Å². The van der Waals surface area contributed by atoms with E-state index in [1.807, 2.05) is 0 Å². The van der Waals surface area contributed by atoms with Crippen molar-refractivity contribution in [2.45, 2.75) is 18.8 Å². The van der Waals surface area contributed by atoms with Crippen LogP contribution in [0.15, 0.2) is 23.2 Å². The van der Waals surface area contributed by atoms with Gasteiger partial charge in [0.15, 0.2) is 0 Å². The first kappa shape index (κ1) is 17.0. The van der Waals surface area contributed by atoms with Crippen LogP contribution in [-0.4, -0.2) is 28.7 Å². The lowest BCUT2D eigenvalue weighted by molar-refractivity contribution is -0.143. The molecule has 0 aliphatic carbocycles. The van der Waals surface area contributed by atoms with Crippen LogP contribution in [0.2, 0.25) is 0 Å². The van der Waals surface area contributed by atoms with Crippen LogP contribution < -0.4 is 0 Å². The van der Waals surface area contributed by atoms with Gasteiger partial charge in [0.25, 0.3) is 0 Å². The maximum absolute atomic E-state index is 12.8. The summed E-state index contributed by atoms with van der Waals surface area (Å²) in [6, 6.07) is 1.41. The van der Waals surface area contributed by atoms with Crippen molar-refractivity contribution in [1.29, 1.82) is 0 Å². The second-order valence-corrected chi connectivity index (χ2v) is 4.63. The summed E-state index contributed by atoms with van der Waals surface area (Å²) < 4.78 is 76.8. The quantitative estimate of drug-likeness (QED) is 0.689. The molecule has 10 heteroatoms. The zero-order valence-electron chi connectivity index (χ0n) is 11.6.